The smallest absolute Gasteiger partial charge is 0.378 e. The monoisotopic (exact) mass is 1110 g/mol. The molecule has 402 valence electrons. The number of β-lactam (4-membered cyclic amide) rings is 1. The number of nitrogens with one attached hydrogen (secondary N) is 1. The van der Waals surface area contributed by atoms with Gasteiger partial charge in [0.2, 0.25) is 11.3 Å². The van der Waals surface area contributed by atoms with E-state index in [1.165, 1.54) is 25.2 Å². The fraction of sp³-hybridized carbons (Fsp3) is 0.370. The number of benzene rings is 3. The summed E-state index contributed by atoms with van der Waals surface area (Å²) < 4.78 is 49.5. The lowest BCUT2D eigenvalue weighted by molar-refractivity contribution is -0.695. The molecular formula is C54H57BClN6O13S2+. The minimum atomic E-state index is -1.89. The molecule has 1 saturated heterocycles. The minimum absolute atomic E-state index is 0.0469. The maximum atomic E-state index is 14.9. The number of fused-ring (bicyclic) bond motifs is 2. The number of rotatable bonds is 18. The molecule has 77 heavy (non-hydrogen) atoms. The number of thiazole rings is 1. The summed E-state index contributed by atoms with van der Waals surface area (Å²) in [6.07, 6.45) is 3.57. The van der Waals surface area contributed by atoms with E-state index in [1.807, 2.05) is 59.2 Å². The second-order valence-corrected chi connectivity index (χ2v) is 22.6. The van der Waals surface area contributed by atoms with E-state index in [0.717, 1.165) is 16.0 Å². The number of pyridine rings is 1. The maximum Gasteiger partial charge on any atom is 0.378 e. The van der Waals surface area contributed by atoms with Crippen LogP contribution in [-0.4, -0.2) is 107 Å². The molecule has 0 aliphatic carbocycles. The van der Waals surface area contributed by atoms with E-state index < -0.39 is 63.1 Å². The number of amides is 3. The number of carbonyl (C=O) groups excluding carboxylic acids is 5. The van der Waals surface area contributed by atoms with Gasteiger partial charge >= 0.3 is 20.0 Å². The topological polar surface area (TPSA) is 215 Å². The average molecular weight is 1110 g/mol. The lowest BCUT2D eigenvalue weighted by Gasteiger charge is -2.49. The molecule has 3 aromatic carbocycles. The first-order valence-corrected chi connectivity index (χ1v) is 27.1. The zero-order chi connectivity index (χ0) is 55.3. The van der Waals surface area contributed by atoms with Crippen LogP contribution in [-0.2, 0) is 70.4 Å². The number of ether oxygens (including phenoxy) is 5. The van der Waals surface area contributed by atoms with Crippen molar-refractivity contribution in [2.75, 3.05) is 31.4 Å². The molecule has 1 N–H and O–H groups in total. The summed E-state index contributed by atoms with van der Waals surface area (Å²) in [4.78, 5) is 82.2. The molecule has 3 amide bonds. The molecule has 3 aliphatic rings. The molecule has 0 saturated carbocycles. The van der Waals surface area contributed by atoms with E-state index in [0.29, 0.717) is 59.4 Å². The van der Waals surface area contributed by atoms with Crippen molar-refractivity contribution in [3.63, 3.8) is 0 Å². The fourth-order valence-electron chi connectivity index (χ4n) is 8.70. The number of aryl methyl sites for hydroxylation is 1. The van der Waals surface area contributed by atoms with E-state index in [1.54, 1.807) is 76.6 Å². The number of esters is 1. The van der Waals surface area contributed by atoms with Crippen molar-refractivity contribution in [1.29, 1.82) is 0 Å². The van der Waals surface area contributed by atoms with Crippen LogP contribution in [0.1, 0.15) is 85.3 Å². The molecule has 2 radical (unpaired) electrons. The third-order valence-corrected chi connectivity index (χ3v) is 15.4. The number of hydrogen-bond acceptors (Lipinski definition) is 16. The van der Waals surface area contributed by atoms with E-state index >= 15 is 0 Å². The molecule has 19 nitrogen and oxygen atoms in total. The highest BCUT2D eigenvalue weighted by Crippen LogP contribution is 2.41. The van der Waals surface area contributed by atoms with Gasteiger partial charge in [-0.25, -0.2) is 14.6 Å². The van der Waals surface area contributed by atoms with Gasteiger partial charge in [-0.2, -0.15) is 4.57 Å². The van der Waals surface area contributed by atoms with Crippen LogP contribution < -0.4 is 33.7 Å². The Bertz CT molecular complexity index is 3180. The molecule has 2 aromatic heterocycles. The van der Waals surface area contributed by atoms with Crippen molar-refractivity contribution in [3.05, 3.63) is 134 Å². The molecule has 8 rings (SSSR count). The van der Waals surface area contributed by atoms with Crippen molar-refractivity contribution in [2.24, 2.45) is 5.16 Å². The Morgan fingerprint density at radius 3 is 2.21 bits per heavy atom. The molecule has 1 unspecified atom stereocenters. The summed E-state index contributed by atoms with van der Waals surface area (Å²) in [5, 5.41) is 7.62. The van der Waals surface area contributed by atoms with Crippen LogP contribution in [0.15, 0.2) is 101 Å². The Hall–Kier alpha value is -7.30. The Labute approximate surface area is 458 Å². The maximum absolute atomic E-state index is 14.9. The standard InChI is InChI=1S/C54H56BClN6O13S2/c1-31-57-38(29-76-31)43(59-75-54(5,6)52(67)73-53(2,3)4)47(63)58-44-49(65)62-45(51(66)74-55)34(30-77(68)50(44)62)26-60-24-11-13-40-39(60)12-9-10-25-61(40)48(64)37-22-23-41(71-27-32-14-18-35(69-7)19-15-32)46(42(37)56)72-28-33-16-20-36(70-8)21-17-33/h11,13-24,29,44,50H,9-10,12,25-28,30H2,1-8H3/p+1/b59-43-/t44-,50-,77?/m1/s1. The Balaban J connectivity index is 1.05. The van der Waals surface area contributed by atoms with Crippen LogP contribution in [0, 0.1) is 6.92 Å². The fourth-order valence-corrected chi connectivity index (χ4v) is 11.3. The highest BCUT2D eigenvalue weighted by atomic mass is 35.5. The van der Waals surface area contributed by atoms with Crippen LogP contribution >= 0.6 is 22.9 Å². The lowest BCUT2D eigenvalue weighted by atomic mass is 10.0. The van der Waals surface area contributed by atoms with Gasteiger partial charge in [-0.3, -0.25) is 23.5 Å². The Kier molecular flexibility index (Phi) is 17.1. The van der Waals surface area contributed by atoms with Gasteiger partial charge in [-0.1, -0.05) is 41.0 Å². The quantitative estimate of drug-likeness (QED) is 0.0252. The highest BCUT2D eigenvalue weighted by Gasteiger charge is 2.58. The third kappa shape index (κ3) is 12.4. The molecule has 1 fully saturated rings. The first-order valence-electron chi connectivity index (χ1n) is 24.4. The molecule has 3 atom stereocenters. The van der Waals surface area contributed by atoms with Crippen LogP contribution in [0.4, 0.5) is 5.69 Å². The molecule has 0 bridgehead atoms. The molecule has 23 heteroatoms. The van der Waals surface area contributed by atoms with Gasteiger partial charge in [-0.05, 0) is 108 Å². The Morgan fingerprint density at radius 1 is 0.935 bits per heavy atom. The van der Waals surface area contributed by atoms with Crippen LogP contribution in [0.25, 0.3) is 0 Å². The molecular weight excluding hydrogens is 1050 g/mol. The molecule has 3 aliphatic heterocycles. The van der Waals surface area contributed by atoms with Crippen LogP contribution in [0.3, 0.4) is 0 Å². The van der Waals surface area contributed by atoms with Crippen molar-refractivity contribution in [2.45, 2.75) is 103 Å². The summed E-state index contributed by atoms with van der Waals surface area (Å²) in [5.41, 5.74) is 0.404. The zero-order valence-corrected chi connectivity index (χ0v) is 46.1. The third-order valence-electron chi connectivity index (χ3n) is 12.6. The van der Waals surface area contributed by atoms with Crippen LogP contribution in [0.2, 0.25) is 5.02 Å². The van der Waals surface area contributed by atoms with Gasteiger partial charge in [-0.15, -0.1) is 11.3 Å². The summed E-state index contributed by atoms with van der Waals surface area (Å²) >= 11 is 8.40. The summed E-state index contributed by atoms with van der Waals surface area (Å²) in [7, 11) is 6.75. The number of anilines is 1. The highest BCUT2D eigenvalue weighted by molar-refractivity contribution is 7.86. The predicted molar refractivity (Wildman–Crippen MR) is 286 cm³/mol. The SMILES string of the molecule is [B]OC(=O)C1=C(C[n+]2cccc3c2CCCCN3C(=O)c2ccc(OCc3ccc(OC)cc3)c(OCc3ccc(OC)cc3)c2Cl)CS(=O)[C@@H]2[C@H](NC(=O)/C(=N\OC(C)(C)C(=O)OC(C)(C)C)c3csc(C)n3)C(=O)N12. The number of carbonyl (C=O) groups is 5. The van der Waals surface area contributed by atoms with Crippen LogP contribution in [0.5, 0.6) is 23.0 Å². The first kappa shape index (κ1) is 55.9. The van der Waals surface area contributed by atoms with Crippen molar-refractivity contribution < 1.29 is 65.9 Å². The lowest BCUT2D eigenvalue weighted by Crippen LogP contribution is -2.74. The number of halogens is 1. The number of hydrogen-bond donors (Lipinski definition) is 1. The molecule has 5 aromatic rings. The van der Waals surface area contributed by atoms with Gasteiger partial charge in [0.1, 0.15) is 58.8 Å². The number of aromatic nitrogens is 2. The minimum Gasteiger partial charge on any atom is -0.539 e. The molecule has 5 heterocycles. The van der Waals surface area contributed by atoms with Gasteiger partial charge in [0, 0.05) is 30.0 Å². The first-order chi connectivity index (χ1) is 36.7. The summed E-state index contributed by atoms with van der Waals surface area (Å²) in [6.45, 7) is 10.2. The Morgan fingerprint density at radius 2 is 1.60 bits per heavy atom. The van der Waals surface area contributed by atoms with Gasteiger partial charge in [0.15, 0.2) is 30.0 Å². The largest absolute Gasteiger partial charge is 0.539 e. The van der Waals surface area contributed by atoms with Crippen molar-refractivity contribution in [3.8, 4) is 23.0 Å². The predicted octanol–water partition coefficient (Wildman–Crippen LogP) is 6.39. The van der Waals surface area contributed by atoms with Gasteiger partial charge in [0.25, 0.3) is 17.7 Å². The average Bonchev–Trinajstić information content (AvgIpc) is 3.72. The van der Waals surface area contributed by atoms with Crippen molar-refractivity contribution >= 4 is 82.8 Å². The van der Waals surface area contributed by atoms with E-state index in [4.69, 9.17) is 52.8 Å². The number of oxime groups is 1. The zero-order valence-electron chi connectivity index (χ0n) is 43.7. The summed E-state index contributed by atoms with van der Waals surface area (Å²) in [5.74, 6) is -2.25. The van der Waals surface area contributed by atoms with E-state index in [2.05, 4.69) is 15.5 Å². The van der Waals surface area contributed by atoms with E-state index in [-0.39, 0.29) is 64.5 Å². The van der Waals surface area contributed by atoms with E-state index in [9.17, 15) is 28.2 Å². The second-order valence-electron chi connectivity index (χ2n) is 19.6. The molecule has 0 spiro atoms. The number of nitrogens with zero attached hydrogens (tertiary/aromatic N) is 5. The normalized spacial score (nSPS) is 17.5. The second kappa shape index (κ2) is 23.5. The van der Waals surface area contributed by atoms with Gasteiger partial charge < -0.3 is 43.4 Å². The summed E-state index contributed by atoms with van der Waals surface area (Å²) in [6, 6.07) is 20.2. The van der Waals surface area contributed by atoms with Crippen molar-refractivity contribution in [1.82, 2.24) is 15.2 Å². The van der Waals surface area contributed by atoms with Gasteiger partial charge in [0.05, 0.1) is 46.4 Å². The number of methoxy groups -OCH3 is 2.